The normalized spacial score (nSPS) is 24.4. The van der Waals surface area contributed by atoms with Crippen LogP contribution in [0.5, 0.6) is 0 Å². The van der Waals surface area contributed by atoms with E-state index in [9.17, 15) is 9.59 Å². The van der Waals surface area contributed by atoms with Gasteiger partial charge in [-0.3, -0.25) is 9.59 Å². The molecular formula is C16H29NO5. The summed E-state index contributed by atoms with van der Waals surface area (Å²) < 4.78 is 16.5. The molecule has 2 N–H and O–H groups in total. The third-order valence-electron chi connectivity index (χ3n) is 3.73. The predicted octanol–water partition coefficient (Wildman–Crippen LogP) is 2.29. The molecule has 1 heterocycles. The van der Waals surface area contributed by atoms with E-state index in [1.165, 1.54) is 19.3 Å². The van der Waals surface area contributed by atoms with Gasteiger partial charge in [0, 0.05) is 19.3 Å². The van der Waals surface area contributed by atoms with Crippen molar-refractivity contribution in [2.45, 2.75) is 77.1 Å². The second-order valence-electron chi connectivity index (χ2n) is 6.00. The Morgan fingerprint density at radius 3 is 2.64 bits per heavy atom. The summed E-state index contributed by atoms with van der Waals surface area (Å²) in [6, 6.07) is 0. The van der Waals surface area contributed by atoms with Crippen LogP contribution in [0.4, 0.5) is 0 Å². The number of amides is 1. The molecule has 0 bridgehead atoms. The lowest BCUT2D eigenvalue weighted by Gasteiger charge is -2.22. The van der Waals surface area contributed by atoms with E-state index < -0.39 is 5.79 Å². The topological polar surface area (TPSA) is 87.9 Å². The van der Waals surface area contributed by atoms with Crippen LogP contribution in [0.1, 0.15) is 65.2 Å². The molecule has 2 unspecified atom stereocenters. The Kier molecular flexibility index (Phi) is 8.42. The van der Waals surface area contributed by atoms with Gasteiger partial charge in [0.25, 0.3) is 0 Å². The van der Waals surface area contributed by atoms with Crippen LogP contribution in [0.3, 0.4) is 0 Å². The molecule has 0 aromatic rings. The average Bonchev–Trinajstić information content (AvgIpc) is 2.85. The lowest BCUT2D eigenvalue weighted by molar-refractivity contribution is -0.170. The number of rotatable bonds is 11. The molecule has 0 aliphatic carbocycles. The average molecular weight is 315 g/mol. The maximum absolute atomic E-state index is 11.6. The Morgan fingerprint density at radius 2 is 1.95 bits per heavy atom. The smallest absolute Gasteiger partial charge is 0.305 e. The van der Waals surface area contributed by atoms with Gasteiger partial charge in [-0.15, -0.1) is 0 Å². The molecule has 0 saturated carbocycles. The molecule has 0 aromatic carbocycles. The van der Waals surface area contributed by atoms with Crippen molar-refractivity contribution in [2.75, 3.05) is 13.2 Å². The van der Waals surface area contributed by atoms with Gasteiger partial charge >= 0.3 is 5.97 Å². The van der Waals surface area contributed by atoms with Crippen molar-refractivity contribution < 1.29 is 23.8 Å². The first-order chi connectivity index (χ1) is 10.4. The quantitative estimate of drug-likeness (QED) is 0.467. The lowest BCUT2D eigenvalue weighted by atomic mass is 10.1. The summed E-state index contributed by atoms with van der Waals surface area (Å²) in [7, 11) is 0. The fraction of sp³-hybridized carbons (Fsp3) is 0.875. The zero-order valence-electron chi connectivity index (χ0n) is 13.8. The number of ether oxygens (including phenoxy) is 3. The minimum Gasteiger partial charge on any atom is -0.463 e. The summed E-state index contributed by atoms with van der Waals surface area (Å²) in [6.07, 6.45) is 6.31. The number of primary amides is 1. The van der Waals surface area contributed by atoms with E-state index in [0.717, 1.165) is 12.8 Å². The summed E-state index contributed by atoms with van der Waals surface area (Å²) in [5.74, 6) is -1.39. The highest BCUT2D eigenvalue weighted by molar-refractivity contribution is 5.73. The van der Waals surface area contributed by atoms with Crippen molar-refractivity contribution in [2.24, 2.45) is 5.73 Å². The van der Waals surface area contributed by atoms with E-state index in [4.69, 9.17) is 19.9 Å². The van der Waals surface area contributed by atoms with Crippen LogP contribution in [0, 0.1) is 0 Å². The molecule has 1 amide bonds. The standard InChI is InChI=1S/C16H29NO5/c1-3-4-5-6-7-8-15(19)20-11-13-12-21-16(2,22-13)10-9-14(17)18/h13H,3-12H2,1-2H3,(H2,17,18). The van der Waals surface area contributed by atoms with Crippen LogP contribution in [0.2, 0.25) is 0 Å². The summed E-state index contributed by atoms with van der Waals surface area (Å²) in [5, 5.41) is 0. The number of hydrogen-bond donors (Lipinski definition) is 1. The fourth-order valence-corrected chi connectivity index (χ4v) is 2.38. The number of unbranched alkanes of at least 4 members (excludes halogenated alkanes) is 4. The third-order valence-corrected chi connectivity index (χ3v) is 3.73. The molecule has 0 aromatic heterocycles. The van der Waals surface area contributed by atoms with E-state index in [1.54, 1.807) is 6.92 Å². The largest absolute Gasteiger partial charge is 0.463 e. The van der Waals surface area contributed by atoms with Gasteiger partial charge in [-0.2, -0.15) is 0 Å². The minimum absolute atomic E-state index is 0.189. The Balaban J connectivity index is 2.12. The Hall–Kier alpha value is -1.14. The molecule has 22 heavy (non-hydrogen) atoms. The molecule has 2 atom stereocenters. The van der Waals surface area contributed by atoms with Crippen LogP contribution in [0.15, 0.2) is 0 Å². The summed E-state index contributed by atoms with van der Waals surface area (Å²) >= 11 is 0. The first-order valence-corrected chi connectivity index (χ1v) is 8.21. The van der Waals surface area contributed by atoms with Crippen LogP contribution in [-0.4, -0.2) is 37.0 Å². The molecule has 1 saturated heterocycles. The van der Waals surface area contributed by atoms with Crippen molar-refractivity contribution in [3.05, 3.63) is 0 Å². The van der Waals surface area contributed by atoms with Crippen molar-refractivity contribution in [3.8, 4) is 0 Å². The molecule has 0 radical (unpaired) electrons. The highest BCUT2D eigenvalue weighted by Gasteiger charge is 2.37. The second-order valence-corrected chi connectivity index (χ2v) is 6.00. The van der Waals surface area contributed by atoms with Gasteiger partial charge in [-0.05, 0) is 13.3 Å². The van der Waals surface area contributed by atoms with Crippen molar-refractivity contribution in [3.63, 3.8) is 0 Å². The number of nitrogens with two attached hydrogens (primary N) is 1. The maximum atomic E-state index is 11.6. The minimum atomic E-state index is -0.813. The Labute approximate surface area is 132 Å². The van der Waals surface area contributed by atoms with Crippen LogP contribution >= 0.6 is 0 Å². The summed E-state index contributed by atoms with van der Waals surface area (Å²) in [4.78, 5) is 22.4. The molecule has 6 heteroatoms. The predicted molar refractivity (Wildman–Crippen MR) is 82.0 cm³/mol. The van der Waals surface area contributed by atoms with E-state index in [1.807, 2.05) is 0 Å². The third kappa shape index (κ3) is 7.75. The second kappa shape index (κ2) is 9.79. The fourth-order valence-electron chi connectivity index (χ4n) is 2.38. The molecular weight excluding hydrogens is 286 g/mol. The van der Waals surface area contributed by atoms with E-state index in [2.05, 4.69) is 6.92 Å². The zero-order chi connectivity index (χ0) is 16.4. The SMILES string of the molecule is CCCCCCCC(=O)OCC1COC(C)(CCC(N)=O)O1. The van der Waals surface area contributed by atoms with E-state index >= 15 is 0 Å². The highest BCUT2D eigenvalue weighted by atomic mass is 16.7. The number of hydrogen-bond acceptors (Lipinski definition) is 5. The number of carbonyl (C=O) groups is 2. The van der Waals surface area contributed by atoms with Gasteiger partial charge in [-0.25, -0.2) is 0 Å². The van der Waals surface area contributed by atoms with E-state index in [-0.39, 0.29) is 31.0 Å². The monoisotopic (exact) mass is 315 g/mol. The van der Waals surface area contributed by atoms with E-state index in [0.29, 0.717) is 19.4 Å². The van der Waals surface area contributed by atoms with Crippen LogP contribution in [-0.2, 0) is 23.8 Å². The Morgan fingerprint density at radius 1 is 1.23 bits per heavy atom. The van der Waals surface area contributed by atoms with Gasteiger partial charge < -0.3 is 19.9 Å². The zero-order valence-corrected chi connectivity index (χ0v) is 13.8. The Bertz CT molecular complexity index is 360. The van der Waals surface area contributed by atoms with Crippen molar-refractivity contribution >= 4 is 11.9 Å². The molecule has 6 nitrogen and oxygen atoms in total. The number of esters is 1. The van der Waals surface area contributed by atoms with Gasteiger partial charge in [-0.1, -0.05) is 32.6 Å². The molecule has 1 rings (SSSR count). The van der Waals surface area contributed by atoms with Crippen molar-refractivity contribution in [1.29, 1.82) is 0 Å². The van der Waals surface area contributed by atoms with Crippen LogP contribution < -0.4 is 5.73 Å². The van der Waals surface area contributed by atoms with Gasteiger partial charge in [0.05, 0.1) is 6.61 Å². The molecule has 0 spiro atoms. The van der Waals surface area contributed by atoms with Gasteiger partial charge in [0.1, 0.15) is 12.7 Å². The molecule has 1 fully saturated rings. The molecule has 1 aliphatic rings. The maximum Gasteiger partial charge on any atom is 0.305 e. The summed E-state index contributed by atoms with van der Waals surface area (Å²) in [6.45, 7) is 4.49. The highest BCUT2D eigenvalue weighted by Crippen LogP contribution is 2.28. The van der Waals surface area contributed by atoms with Gasteiger partial charge in [0.15, 0.2) is 5.79 Å². The number of carbonyl (C=O) groups excluding carboxylic acids is 2. The first kappa shape index (κ1) is 18.9. The van der Waals surface area contributed by atoms with Crippen LogP contribution in [0.25, 0.3) is 0 Å². The lowest BCUT2D eigenvalue weighted by Crippen LogP contribution is -2.30. The van der Waals surface area contributed by atoms with Crippen molar-refractivity contribution in [1.82, 2.24) is 0 Å². The first-order valence-electron chi connectivity index (χ1n) is 8.21. The summed E-state index contributed by atoms with van der Waals surface area (Å²) in [5.41, 5.74) is 5.12. The molecule has 1 aliphatic heterocycles. The molecule has 128 valence electrons. The van der Waals surface area contributed by atoms with Gasteiger partial charge in [0.2, 0.25) is 5.91 Å².